The average molecular weight is 156 g/mol. The molecule has 0 spiro atoms. The maximum atomic E-state index is 8.03. The molecule has 3 N–H and O–H groups in total. The molecule has 5 nitrogen and oxygen atoms in total. The van der Waals surface area contributed by atoms with Gasteiger partial charge in [0.1, 0.15) is 11.4 Å². The van der Waals surface area contributed by atoms with Crippen molar-refractivity contribution in [3.8, 4) is 0 Å². The monoisotopic (exact) mass is 156 g/mol. The Hall–Kier alpha value is -0.100. The molecule has 0 unspecified atom stereocenters. The SMILES string of the molecule is CC(=N\O)/C(C)=N/O.[Na+].[OH-]. The second-order valence-electron chi connectivity index (χ2n) is 1.37. The molecule has 0 aliphatic rings. The van der Waals surface area contributed by atoms with Gasteiger partial charge in [0, 0.05) is 0 Å². The van der Waals surface area contributed by atoms with Crippen LogP contribution in [-0.4, -0.2) is 27.3 Å². The van der Waals surface area contributed by atoms with E-state index < -0.39 is 0 Å². The van der Waals surface area contributed by atoms with E-state index in [0.29, 0.717) is 11.4 Å². The molecule has 0 radical (unpaired) electrons. The summed E-state index contributed by atoms with van der Waals surface area (Å²) in [6.07, 6.45) is 0. The van der Waals surface area contributed by atoms with Gasteiger partial charge in [0.25, 0.3) is 0 Å². The van der Waals surface area contributed by atoms with E-state index in [1.807, 2.05) is 0 Å². The van der Waals surface area contributed by atoms with E-state index in [4.69, 9.17) is 10.4 Å². The molecule has 0 heterocycles. The first-order valence-corrected chi connectivity index (χ1v) is 2.10. The largest absolute Gasteiger partial charge is 1.00 e. The van der Waals surface area contributed by atoms with Crippen LogP contribution in [0.4, 0.5) is 0 Å². The van der Waals surface area contributed by atoms with E-state index in [9.17, 15) is 0 Å². The number of hydrogen-bond donors (Lipinski definition) is 2. The fourth-order valence-electron chi connectivity index (χ4n) is 0.145. The van der Waals surface area contributed by atoms with Crippen LogP contribution in [0.5, 0.6) is 0 Å². The molecule has 10 heavy (non-hydrogen) atoms. The normalized spacial score (nSPS) is 11.4. The summed E-state index contributed by atoms with van der Waals surface area (Å²) in [6, 6.07) is 0. The molecular formula is C4H9N2NaO3. The summed E-state index contributed by atoms with van der Waals surface area (Å²) in [7, 11) is 0. The molecule has 0 aromatic rings. The van der Waals surface area contributed by atoms with Crippen LogP contribution in [0, 0.1) is 0 Å². The summed E-state index contributed by atoms with van der Waals surface area (Å²) in [5.41, 5.74) is 0.625. The third-order valence-corrected chi connectivity index (χ3v) is 0.824. The van der Waals surface area contributed by atoms with Crippen molar-refractivity contribution in [2.45, 2.75) is 13.8 Å². The second kappa shape index (κ2) is 8.90. The van der Waals surface area contributed by atoms with Crippen LogP contribution in [0.25, 0.3) is 0 Å². The van der Waals surface area contributed by atoms with Crippen LogP contribution in [-0.2, 0) is 0 Å². The minimum Gasteiger partial charge on any atom is -0.870 e. The number of rotatable bonds is 1. The van der Waals surface area contributed by atoms with Gasteiger partial charge in [0.05, 0.1) is 0 Å². The summed E-state index contributed by atoms with van der Waals surface area (Å²) in [5.74, 6) is 0. The Morgan fingerprint density at radius 2 is 1.20 bits per heavy atom. The molecule has 0 fully saturated rings. The van der Waals surface area contributed by atoms with Crippen molar-refractivity contribution in [1.29, 1.82) is 0 Å². The van der Waals surface area contributed by atoms with Gasteiger partial charge in [-0.15, -0.1) is 0 Å². The fourth-order valence-corrected chi connectivity index (χ4v) is 0.145. The van der Waals surface area contributed by atoms with E-state index in [0.717, 1.165) is 0 Å². The Balaban J connectivity index is -0.000000245. The zero-order valence-electron chi connectivity index (χ0n) is 6.24. The predicted octanol–water partition coefficient (Wildman–Crippen LogP) is -2.49. The summed E-state index contributed by atoms with van der Waals surface area (Å²) in [4.78, 5) is 0. The molecular weight excluding hydrogens is 147 g/mol. The number of oxime groups is 2. The van der Waals surface area contributed by atoms with Gasteiger partial charge in [-0.05, 0) is 13.8 Å². The maximum absolute atomic E-state index is 8.03. The first-order chi connectivity index (χ1) is 3.72. The Morgan fingerprint density at radius 1 is 1.00 bits per heavy atom. The first kappa shape index (κ1) is 16.5. The van der Waals surface area contributed by atoms with E-state index in [1.54, 1.807) is 0 Å². The van der Waals surface area contributed by atoms with Crippen molar-refractivity contribution in [3.63, 3.8) is 0 Å². The Morgan fingerprint density at radius 3 is 1.30 bits per heavy atom. The van der Waals surface area contributed by atoms with Gasteiger partial charge in [0.15, 0.2) is 0 Å². The fraction of sp³-hybridized carbons (Fsp3) is 0.500. The van der Waals surface area contributed by atoms with Crippen LogP contribution in [0.1, 0.15) is 13.8 Å². The second-order valence-corrected chi connectivity index (χ2v) is 1.37. The van der Waals surface area contributed by atoms with Crippen molar-refractivity contribution in [3.05, 3.63) is 0 Å². The van der Waals surface area contributed by atoms with Crippen LogP contribution < -0.4 is 29.6 Å². The van der Waals surface area contributed by atoms with Gasteiger partial charge in [-0.3, -0.25) is 0 Å². The molecule has 0 aliphatic heterocycles. The van der Waals surface area contributed by atoms with Crippen molar-refractivity contribution in [2.75, 3.05) is 0 Å². The smallest absolute Gasteiger partial charge is 0.870 e. The average Bonchev–Trinajstić information content (AvgIpc) is 1.84. The maximum Gasteiger partial charge on any atom is 1.00 e. The van der Waals surface area contributed by atoms with Gasteiger partial charge in [0.2, 0.25) is 0 Å². The van der Waals surface area contributed by atoms with Gasteiger partial charge in [-0.1, -0.05) is 10.3 Å². The van der Waals surface area contributed by atoms with E-state index in [2.05, 4.69) is 10.3 Å². The summed E-state index contributed by atoms with van der Waals surface area (Å²) in [6.45, 7) is 3.07. The van der Waals surface area contributed by atoms with Crippen molar-refractivity contribution in [1.82, 2.24) is 0 Å². The van der Waals surface area contributed by atoms with Crippen LogP contribution >= 0.6 is 0 Å². The summed E-state index contributed by atoms with van der Waals surface area (Å²) < 4.78 is 0. The predicted molar refractivity (Wildman–Crippen MR) is 31.7 cm³/mol. The zero-order valence-corrected chi connectivity index (χ0v) is 8.24. The van der Waals surface area contributed by atoms with Gasteiger partial charge >= 0.3 is 29.6 Å². The summed E-state index contributed by atoms with van der Waals surface area (Å²) in [5, 5.41) is 21.6. The third kappa shape index (κ3) is 6.03. The molecule has 6 heteroatoms. The van der Waals surface area contributed by atoms with Gasteiger partial charge in [-0.25, -0.2) is 0 Å². The first-order valence-electron chi connectivity index (χ1n) is 2.10. The van der Waals surface area contributed by atoms with E-state index in [1.165, 1.54) is 13.8 Å². The van der Waals surface area contributed by atoms with Crippen LogP contribution in [0.2, 0.25) is 0 Å². The number of nitrogens with zero attached hydrogens (tertiary/aromatic N) is 2. The Bertz CT molecular complexity index is 118. The van der Waals surface area contributed by atoms with Gasteiger partial charge in [-0.2, -0.15) is 0 Å². The van der Waals surface area contributed by atoms with Gasteiger partial charge < -0.3 is 15.9 Å². The molecule has 0 aliphatic carbocycles. The van der Waals surface area contributed by atoms with E-state index >= 15 is 0 Å². The zero-order chi connectivity index (χ0) is 6.57. The minimum atomic E-state index is 0. The minimum absolute atomic E-state index is 0. The Kier molecular flexibility index (Phi) is 14.7. The molecule has 54 valence electrons. The van der Waals surface area contributed by atoms with Crippen molar-refractivity contribution in [2.24, 2.45) is 10.3 Å². The quantitative estimate of drug-likeness (QED) is 0.190. The molecule has 0 amide bonds. The van der Waals surface area contributed by atoms with Crippen LogP contribution in [0.15, 0.2) is 10.3 Å². The van der Waals surface area contributed by atoms with Crippen molar-refractivity contribution >= 4 is 11.4 Å². The Labute approximate surface area is 81.0 Å². The van der Waals surface area contributed by atoms with Crippen LogP contribution in [0.3, 0.4) is 0 Å². The molecule has 0 bridgehead atoms. The molecule has 0 atom stereocenters. The standard InChI is InChI=1S/C4H8N2O2.Na.H2O/c1-3(5-7)4(2)6-8;;/h7-8H,1-2H3;;1H2/q;+1;/p-1/b5-3+,6-4+;;. The van der Waals surface area contributed by atoms with Crippen molar-refractivity contribution < 1.29 is 45.4 Å². The summed E-state index contributed by atoms with van der Waals surface area (Å²) >= 11 is 0. The molecule has 0 rings (SSSR count). The number of hydrogen-bond acceptors (Lipinski definition) is 5. The molecule has 0 saturated heterocycles. The molecule has 0 aromatic heterocycles. The third-order valence-electron chi connectivity index (χ3n) is 0.824. The molecule has 0 saturated carbocycles. The topological polar surface area (TPSA) is 95.2 Å². The van der Waals surface area contributed by atoms with E-state index in [-0.39, 0.29) is 35.0 Å². The molecule has 0 aromatic carbocycles.